The van der Waals surface area contributed by atoms with Gasteiger partial charge in [0.15, 0.2) is 5.82 Å². The van der Waals surface area contributed by atoms with Gasteiger partial charge in [-0.25, -0.2) is 19.3 Å². The van der Waals surface area contributed by atoms with Crippen molar-refractivity contribution in [3.63, 3.8) is 0 Å². The average molecular weight is 458 g/mol. The monoisotopic (exact) mass is 457 g/mol. The number of rotatable bonds is 6. The number of hydrogen-bond acceptors (Lipinski definition) is 8. The van der Waals surface area contributed by atoms with Crippen LogP contribution in [0.2, 0.25) is 0 Å². The molecule has 0 unspecified atom stereocenters. The summed E-state index contributed by atoms with van der Waals surface area (Å²) in [5.41, 5.74) is 1.14. The van der Waals surface area contributed by atoms with E-state index in [1.165, 1.54) is 7.11 Å². The molecule has 2 N–H and O–H groups in total. The van der Waals surface area contributed by atoms with Crippen LogP contribution in [0.25, 0.3) is 16.2 Å². The van der Waals surface area contributed by atoms with Crippen molar-refractivity contribution in [3.8, 4) is 11.4 Å². The van der Waals surface area contributed by atoms with Gasteiger partial charge in [-0.2, -0.15) is 5.10 Å². The zero-order valence-electron chi connectivity index (χ0n) is 18.4. The number of thiazole rings is 1. The summed E-state index contributed by atoms with van der Waals surface area (Å²) in [6.07, 6.45) is 5.41. The molecule has 0 aromatic carbocycles. The number of nitrogens with zero attached hydrogens (tertiary/aromatic N) is 5. The maximum absolute atomic E-state index is 13.3. The molecule has 1 saturated heterocycles. The normalized spacial score (nSPS) is 15.5. The van der Waals surface area contributed by atoms with Crippen molar-refractivity contribution < 1.29 is 14.3 Å². The standard InChI is InChI=1S/C21H27N7O3S/c1-4-13(2)23-17-11-16(19(29)27-7-5-14(6-8-27)24-21(30)31-3)25-18(26-17)15-12-22-28-9-10-32-20(15)28/h9-14H,4-8H2,1-3H3,(H,24,30)(H,23,25,26)/t13-/m0/s1. The number of aromatic nitrogens is 4. The van der Waals surface area contributed by atoms with Gasteiger partial charge in [0.1, 0.15) is 16.3 Å². The number of alkyl carbamates (subject to hydrolysis) is 1. The van der Waals surface area contributed by atoms with Gasteiger partial charge in [0.2, 0.25) is 0 Å². The van der Waals surface area contributed by atoms with E-state index in [0.29, 0.717) is 43.3 Å². The van der Waals surface area contributed by atoms with Gasteiger partial charge in [-0.15, -0.1) is 11.3 Å². The van der Waals surface area contributed by atoms with E-state index in [-0.39, 0.29) is 18.0 Å². The fourth-order valence-electron chi connectivity index (χ4n) is 3.60. The van der Waals surface area contributed by atoms with Crippen LogP contribution in [0.15, 0.2) is 23.8 Å². The van der Waals surface area contributed by atoms with Crippen molar-refractivity contribution in [2.75, 3.05) is 25.5 Å². The maximum Gasteiger partial charge on any atom is 0.407 e. The summed E-state index contributed by atoms with van der Waals surface area (Å²) in [5.74, 6) is 0.944. The van der Waals surface area contributed by atoms with E-state index < -0.39 is 6.09 Å². The maximum atomic E-state index is 13.3. The molecule has 3 aromatic rings. The van der Waals surface area contributed by atoms with Crippen molar-refractivity contribution in [1.29, 1.82) is 0 Å². The molecule has 0 radical (unpaired) electrons. The van der Waals surface area contributed by atoms with E-state index in [4.69, 9.17) is 0 Å². The second kappa shape index (κ2) is 9.51. The Morgan fingerprint density at radius 2 is 2.09 bits per heavy atom. The number of methoxy groups -OCH3 is 1. The zero-order valence-corrected chi connectivity index (χ0v) is 19.2. The van der Waals surface area contributed by atoms with Gasteiger partial charge in [0.25, 0.3) is 5.91 Å². The number of amides is 2. The van der Waals surface area contributed by atoms with Crippen LogP contribution in [0.4, 0.5) is 10.6 Å². The predicted molar refractivity (Wildman–Crippen MR) is 122 cm³/mol. The molecule has 0 bridgehead atoms. The molecule has 1 aliphatic rings. The number of piperidine rings is 1. The smallest absolute Gasteiger partial charge is 0.407 e. The minimum atomic E-state index is -0.447. The lowest BCUT2D eigenvalue weighted by molar-refractivity contribution is 0.0698. The molecular weight excluding hydrogens is 430 g/mol. The van der Waals surface area contributed by atoms with Gasteiger partial charge in [0.05, 0.1) is 18.9 Å². The second-order valence-corrected chi connectivity index (χ2v) is 8.72. The third kappa shape index (κ3) is 4.67. The highest BCUT2D eigenvalue weighted by Crippen LogP contribution is 2.27. The summed E-state index contributed by atoms with van der Waals surface area (Å²) in [6, 6.07) is 1.91. The summed E-state index contributed by atoms with van der Waals surface area (Å²) in [6.45, 7) is 5.22. The Hall–Kier alpha value is -3.21. The van der Waals surface area contributed by atoms with Crippen LogP contribution >= 0.6 is 11.3 Å². The third-order valence-corrected chi connectivity index (χ3v) is 6.50. The largest absolute Gasteiger partial charge is 0.453 e. The first-order chi connectivity index (χ1) is 15.5. The van der Waals surface area contributed by atoms with E-state index in [2.05, 4.69) is 44.3 Å². The van der Waals surface area contributed by atoms with Crippen molar-refractivity contribution in [2.45, 2.75) is 45.2 Å². The SMILES string of the molecule is CC[C@H](C)Nc1cc(C(=O)N2CCC(NC(=O)OC)CC2)nc(-c2cnn3ccsc23)n1. The summed E-state index contributed by atoms with van der Waals surface area (Å²) in [7, 11) is 1.34. The molecule has 32 heavy (non-hydrogen) atoms. The molecule has 0 saturated carbocycles. The van der Waals surface area contributed by atoms with Crippen LogP contribution in [0.5, 0.6) is 0 Å². The molecule has 170 valence electrons. The Bertz CT molecular complexity index is 1100. The van der Waals surface area contributed by atoms with Crippen LogP contribution in [0.1, 0.15) is 43.6 Å². The van der Waals surface area contributed by atoms with E-state index in [0.717, 1.165) is 16.8 Å². The molecule has 11 heteroatoms. The number of hydrogen-bond donors (Lipinski definition) is 2. The molecule has 3 aromatic heterocycles. The number of ether oxygens (including phenoxy) is 1. The Kier molecular flexibility index (Phi) is 6.54. The second-order valence-electron chi connectivity index (χ2n) is 7.83. The van der Waals surface area contributed by atoms with Gasteiger partial charge < -0.3 is 20.3 Å². The van der Waals surface area contributed by atoms with Gasteiger partial charge in [-0.05, 0) is 26.2 Å². The minimum Gasteiger partial charge on any atom is -0.453 e. The fourth-order valence-corrected chi connectivity index (χ4v) is 4.39. The summed E-state index contributed by atoms with van der Waals surface area (Å²) in [5, 5.41) is 12.5. The van der Waals surface area contributed by atoms with E-state index in [1.54, 1.807) is 33.0 Å². The summed E-state index contributed by atoms with van der Waals surface area (Å²) >= 11 is 1.55. The number of likely N-dealkylation sites (tertiary alicyclic amines) is 1. The lowest BCUT2D eigenvalue weighted by Crippen LogP contribution is -2.46. The number of carbonyl (C=O) groups is 2. The quantitative estimate of drug-likeness (QED) is 0.585. The van der Waals surface area contributed by atoms with Crippen molar-refractivity contribution >= 4 is 34.0 Å². The van der Waals surface area contributed by atoms with Crippen LogP contribution in [0, 0.1) is 0 Å². The molecular formula is C21H27N7O3S. The number of fused-ring (bicyclic) bond motifs is 1. The third-order valence-electron chi connectivity index (χ3n) is 5.61. The molecule has 0 aliphatic carbocycles. The zero-order chi connectivity index (χ0) is 22.7. The molecule has 2 amide bonds. The van der Waals surface area contributed by atoms with E-state index in [1.807, 2.05) is 11.6 Å². The molecule has 10 nitrogen and oxygen atoms in total. The fraction of sp³-hybridized carbons (Fsp3) is 0.476. The van der Waals surface area contributed by atoms with Crippen molar-refractivity contribution in [3.05, 3.63) is 29.5 Å². The number of anilines is 1. The first-order valence-corrected chi connectivity index (χ1v) is 11.6. The highest BCUT2D eigenvalue weighted by atomic mass is 32.1. The Morgan fingerprint density at radius 1 is 1.31 bits per heavy atom. The molecule has 1 atom stereocenters. The molecule has 1 aliphatic heterocycles. The topological polar surface area (TPSA) is 114 Å². The van der Waals surface area contributed by atoms with Gasteiger partial charge in [-0.1, -0.05) is 6.92 Å². The van der Waals surface area contributed by atoms with Gasteiger partial charge in [-0.3, -0.25) is 4.79 Å². The molecule has 4 heterocycles. The average Bonchev–Trinajstić information content (AvgIpc) is 3.43. The lowest BCUT2D eigenvalue weighted by Gasteiger charge is -2.32. The van der Waals surface area contributed by atoms with Gasteiger partial charge in [0, 0.05) is 42.8 Å². The van der Waals surface area contributed by atoms with E-state index in [9.17, 15) is 9.59 Å². The Morgan fingerprint density at radius 3 is 2.81 bits per heavy atom. The minimum absolute atomic E-state index is 0.00498. The van der Waals surface area contributed by atoms with Gasteiger partial charge >= 0.3 is 6.09 Å². The molecule has 4 rings (SSSR count). The van der Waals surface area contributed by atoms with E-state index >= 15 is 0 Å². The van der Waals surface area contributed by atoms with Crippen LogP contribution in [-0.2, 0) is 4.74 Å². The van der Waals surface area contributed by atoms with Crippen molar-refractivity contribution in [1.82, 2.24) is 29.8 Å². The predicted octanol–water partition coefficient (Wildman–Crippen LogP) is 3.02. The molecule has 0 spiro atoms. The Labute approximate surface area is 190 Å². The van der Waals surface area contributed by atoms with Crippen LogP contribution in [-0.4, -0.2) is 68.8 Å². The van der Waals surface area contributed by atoms with Crippen molar-refractivity contribution in [2.24, 2.45) is 0 Å². The highest BCUT2D eigenvalue weighted by molar-refractivity contribution is 7.16. The highest BCUT2D eigenvalue weighted by Gasteiger charge is 2.27. The first-order valence-electron chi connectivity index (χ1n) is 10.7. The van der Waals surface area contributed by atoms with Crippen LogP contribution < -0.4 is 10.6 Å². The lowest BCUT2D eigenvalue weighted by atomic mass is 10.0. The summed E-state index contributed by atoms with van der Waals surface area (Å²) < 4.78 is 6.44. The number of nitrogens with one attached hydrogen (secondary N) is 2. The van der Waals surface area contributed by atoms with Crippen LogP contribution in [0.3, 0.4) is 0 Å². The summed E-state index contributed by atoms with van der Waals surface area (Å²) in [4.78, 5) is 36.7. The Balaban J connectivity index is 1.58. The first kappa shape index (κ1) is 22.0. The number of carbonyl (C=O) groups excluding carboxylic acids is 2. The molecule has 1 fully saturated rings.